The van der Waals surface area contributed by atoms with Crippen molar-refractivity contribution in [2.45, 2.75) is 46.1 Å². The largest absolute Gasteiger partial charge is 0.497 e. The Hall–Kier alpha value is -2.95. The third kappa shape index (κ3) is 4.56. The number of nitrogens with one attached hydrogen (secondary N) is 1. The third-order valence-electron chi connectivity index (χ3n) is 5.54. The first kappa shape index (κ1) is 20.8. The molecule has 0 bridgehead atoms. The van der Waals surface area contributed by atoms with Crippen LogP contribution in [0.4, 0.5) is 0 Å². The first-order chi connectivity index (χ1) is 13.8. The summed E-state index contributed by atoms with van der Waals surface area (Å²) >= 11 is 0. The zero-order valence-corrected chi connectivity index (χ0v) is 17.4. The van der Waals surface area contributed by atoms with Crippen LogP contribution in [0.25, 0.3) is 0 Å². The van der Waals surface area contributed by atoms with Crippen LogP contribution < -0.4 is 10.1 Å². The molecule has 0 aromatic heterocycles. The molecule has 1 N–H and O–H groups in total. The molecule has 29 heavy (non-hydrogen) atoms. The van der Waals surface area contributed by atoms with E-state index in [9.17, 15) is 14.4 Å². The van der Waals surface area contributed by atoms with Crippen molar-refractivity contribution in [1.82, 2.24) is 5.32 Å². The van der Waals surface area contributed by atoms with E-state index in [4.69, 9.17) is 4.74 Å². The summed E-state index contributed by atoms with van der Waals surface area (Å²) in [4.78, 5) is 38.0. The standard InChI is InChI=1S/C24H27NO4/c1-14-8-15(2)22(16(3)9-14)23-20(26)11-18(24(23)28)12-21(27)25-13-17-6-5-7-19(10-17)29-4/h5-10,18,23H,11-13H2,1-4H3,(H,25,27). The minimum atomic E-state index is -0.744. The average molecular weight is 393 g/mol. The highest BCUT2D eigenvalue weighted by atomic mass is 16.5. The lowest BCUT2D eigenvalue weighted by Crippen LogP contribution is -2.27. The van der Waals surface area contributed by atoms with Crippen molar-refractivity contribution < 1.29 is 19.1 Å². The van der Waals surface area contributed by atoms with Gasteiger partial charge in [0.25, 0.3) is 0 Å². The lowest BCUT2D eigenvalue weighted by molar-refractivity contribution is -0.128. The minimum absolute atomic E-state index is 0.0367. The third-order valence-corrected chi connectivity index (χ3v) is 5.54. The van der Waals surface area contributed by atoms with Gasteiger partial charge in [-0.05, 0) is 55.2 Å². The molecule has 1 aliphatic rings. The Kier molecular flexibility index (Phi) is 6.16. The number of benzene rings is 2. The van der Waals surface area contributed by atoms with Crippen molar-refractivity contribution in [3.05, 3.63) is 64.2 Å². The van der Waals surface area contributed by atoms with Gasteiger partial charge >= 0.3 is 0 Å². The van der Waals surface area contributed by atoms with Crippen LogP contribution in [0, 0.1) is 26.7 Å². The Bertz CT molecular complexity index is 940. The molecule has 0 saturated heterocycles. The second-order valence-electron chi connectivity index (χ2n) is 7.85. The monoisotopic (exact) mass is 393 g/mol. The summed E-state index contributed by atoms with van der Waals surface area (Å²) in [7, 11) is 1.59. The molecular formula is C24H27NO4. The molecule has 0 spiro atoms. The van der Waals surface area contributed by atoms with Crippen LogP contribution in [0.3, 0.4) is 0 Å². The lowest BCUT2D eigenvalue weighted by Gasteiger charge is -2.16. The molecule has 5 heteroatoms. The van der Waals surface area contributed by atoms with Crippen molar-refractivity contribution >= 4 is 17.5 Å². The number of rotatable bonds is 6. The highest BCUT2D eigenvalue weighted by molar-refractivity contribution is 6.15. The van der Waals surface area contributed by atoms with Crippen molar-refractivity contribution in [3.63, 3.8) is 0 Å². The zero-order valence-electron chi connectivity index (χ0n) is 17.4. The van der Waals surface area contributed by atoms with Gasteiger partial charge in [0.2, 0.25) is 5.91 Å². The predicted octanol–water partition coefficient (Wildman–Crippen LogP) is 3.57. The maximum absolute atomic E-state index is 13.0. The van der Waals surface area contributed by atoms with E-state index in [1.54, 1.807) is 7.11 Å². The topological polar surface area (TPSA) is 72.5 Å². The SMILES string of the molecule is COc1cccc(CNC(=O)CC2CC(=O)C(c3c(C)cc(C)cc3C)C2=O)c1. The Morgan fingerprint density at radius 3 is 2.45 bits per heavy atom. The first-order valence-corrected chi connectivity index (χ1v) is 9.84. The van der Waals surface area contributed by atoms with E-state index >= 15 is 0 Å². The summed E-state index contributed by atoms with van der Waals surface area (Å²) < 4.78 is 5.18. The van der Waals surface area contributed by atoms with Crippen LogP contribution >= 0.6 is 0 Å². The van der Waals surface area contributed by atoms with Crippen molar-refractivity contribution in [2.24, 2.45) is 5.92 Å². The van der Waals surface area contributed by atoms with Crippen LogP contribution in [0.2, 0.25) is 0 Å². The zero-order chi connectivity index (χ0) is 21.1. The average Bonchev–Trinajstić information content (AvgIpc) is 2.93. The number of aryl methyl sites for hydroxylation is 3. The molecule has 0 aliphatic heterocycles. The van der Waals surface area contributed by atoms with E-state index in [-0.39, 0.29) is 30.3 Å². The number of ketones is 2. The van der Waals surface area contributed by atoms with Gasteiger partial charge in [-0.25, -0.2) is 0 Å². The van der Waals surface area contributed by atoms with Gasteiger partial charge in [-0.2, -0.15) is 0 Å². The van der Waals surface area contributed by atoms with Crippen LogP contribution in [0.1, 0.15) is 46.6 Å². The van der Waals surface area contributed by atoms with Crippen LogP contribution in [-0.4, -0.2) is 24.6 Å². The maximum atomic E-state index is 13.0. The molecule has 152 valence electrons. The van der Waals surface area contributed by atoms with Gasteiger partial charge in [-0.15, -0.1) is 0 Å². The highest BCUT2D eigenvalue weighted by Crippen LogP contribution is 2.37. The summed E-state index contributed by atoms with van der Waals surface area (Å²) in [6, 6.07) is 11.4. The molecule has 2 unspecified atom stereocenters. The summed E-state index contributed by atoms with van der Waals surface area (Å²) in [5.41, 5.74) is 4.74. The minimum Gasteiger partial charge on any atom is -0.497 e. The molecule has 1 amide bonds. The predicted molar refractivity (Wildman–Crippen MR) is 111 cm³/mol. The number of carbonyl (C=O) groups is 3. The van der Waals surface area contributed by atoms with Crippen molar-refractivity contribution in [3.8, 4) is 5.75 Å². The van der Waals surface area contributed by atoms with Gasteiger partial charge in [-0.1, -0.05) is 29.8 Å². The normalized spacial score (nSPS) is 18.8. The number of hydrogen-bond donors (Lipinski definition) is 1. The van der Waals surface area contributed by atoms with E-state index in [2.05, 4.69) is 5.32 Å². The van der Waals surface area contributed by atoms with Gasteiger partial charge < -0.3 is 10.1 Å². The summed E-state index contributed by atoms with van der Waals surface area (Å²) in [5.74, 6) is -1.03. The fourth-order valence-electron chi connectivity index (χ4n) is 4.26. The molecule has 1 fully saturated rings. The van der Waals surface area contributed by atoms with E-state index in [0.29, 0.717) is 6.54 Å². The first-order valence-electron chi connectivity index (χ1n) is 9.84. The number of hydrogen-bond acceptors (Lipinski definition) is 4. The Morgan fingerprint density at radius 1 is 1.10 bits per heavy atom. The molecule has 0 radical (unpaired) electrons. The Balaban J connectivity index is 1.66. The fourth-order valence-corrected chi connectivity index (χ4v) is 4.26. The van der Waals surface area contributed by atoms with Gasteiger partial charge in [-0.3, -0.25) is 14.4 Å². The maximum Gasteiger partial charge on any atom is 0.221 e. The highest BCUT2D eigenvalue weighted by Gasteiger charge is 2.43. The van der Waals surface area contributed by atoms with Gasteiger partial charge in [0.05, 0.1) is 7.11 Å². The van der Waals surface area contributed by atoms with Crippen LogP contribution in [0.15, 0.2) is 36.4 Å². The molecule has 5 nitrogen and oxygen atoms in total. The summed E-state index contributed by atoms with van der Waals surface area (Å²) in [5, 5.41) is 2.84. The molecule has 0 heterocycles. The second kappa shape index (κ2) is 8.60. The van der Waals surface area contributed by atoms with Crippen molar-refractivity contribution in [2.75, 3.05) is 7.11 Å². The van der Waals surface area contributed by atoms with Gasteiger partial charge in [0, 0.05) is 25.3 Å². The van der Waals surface area contributed by atoms with Gasteiger partial charge in [0.1, 0.15) is 17.5 Å². The quantitative estimate of drug-likeness (QED) is 0.762. The fraction of sp³-hybridized carbons (Fsp3) is 0.375. The Morgan fingerprint density at radius 2 is 1.79 bits per heavy atom. The molecule has 2 aromatic rings. The number of ether oxygens (including phenoxy) is 1. The number of amides is 1. The molecule has 1 aliphatic carbocycles. The summed E-state index contributed by atoms with van der Waals surface area (Å²) in [6.07, 6.45) is 0.165. The van der Waals surface area contributed by atoms with Gasteiger partial charge in [0.15, 0.2) is 5.78 Å². The van der Waals surface area contributed by atoms with Crippen molar-refractivity contribution in [1.29, 1.82) is 0 Å². The van der Waals surface area contributed by atoms with E-state index in [0.717, 1.165) is 33.6 Å². The Labute approximate surface area is 171 Å². The number of Topliss-reactive ketones (excluding diaryl/α,β-unsaturated/α-hetero) is 2. The molecule has 3 rings (SSSR count). The number of carbonyl (C=O) groups excluding carboxylic acids is 3. The lowest BCUT2D eigenvalue weighted by atomic mass is 9.86. The summed E-state index contributed by atoms with van der Waals surface area (Å²) in [6.45, 7) is 6.22. The second-order valence-corrected chi connectivity index (χ2v) is 7.85. The molecule has 2 atom stereocenters. The van der Waals surface area contributed by atoms with Crippen LogP contribution in [0.5, 0.6) is 5.75 Å². The number of methoxy groups -OCH3 is 1. The molecular weight excluding hydrogens is 366 g/mol. The smallest absolute Gasteiger partial charge is 0.221 e. The van der Waals surface area contributed by atoms with E-state index in [1.807, 2.05) is 57.2 Å². The van der Waals surface area contributed by atoms with E-state index in [1.165, 1.54) is 0 Å². The molecule has 1 saturated carbocycles. The van der Waals surface area contributed by atoms with Crippen LogP contribution in [-0.2, 0) is 20.9 Å². The molecule has 2 aromatic carbocycles. The van der Waals surface area contributed by atoms with E-state index < -0.39 is 11.8 Å².